The van der Waals surface area contributed by atoms with Gasteiger partial charge >= 0.3 is 0 Å². The Morgan fingerprint density at radius 3 is 2.47 bits per heavy atom. The summed E-state index contributed by atoms with van der Waals surface area (Å²) in [6, 6.07) is 22.8. The van der Waals surface area contributed by atoms with Crippen LogP contribution in [0, 0.1) is 24.0 Å². The van der Waals surface area contributed by atoms with Crippen LogP contribution in [-0.2, 0) is 6.61 Å². The fourth-order valence-corrected chi connectivity index (χ4v) is 4.91. The molecule has 1 heterocycles. The van der Waals surface area contributed by atoms with E-state index >= 15 is 0 Å². The van der Waals surface area contributed by atoms with Crippen molar-refractivity contribution in [3.63, 3.8) is 0 Å². The van der Waals surface area contributed by atoms with Crippen molar-refractivity contribution in [3.8, 4) is 11.4 Å². The van der Waals surface area contributed by atoms with E-state index in [0.717, 1.165) is 16.8 Å². The molecule has 34 heavy (non-hydrogen) atoms. The number of rotatable bonds is 9. The fourth-order valence-electron chi connectivity index (χ4n) is 3.52. The summed E-state index contributed by atoms with van der Waals surface area (Å²) in [4.78, 5) is 11.3. The molecule has 0 saturated heterocycles. The van der Waals surface area contributed by atoms with E-state index in [1.165, 1.54) is 11.8 Å². The van der Waals surface area contributed by atoms with Crippen molar-refractivity contribution < 1.29 is 9.66 Å². The van der Waals surface area contributed by atoms with Gasteiger partial charge in [0.25, 0.3) is 0 Å². The highest BCUT2D eigenvalue weighted by Gasteiger charge is 2.26. The maximum atomic E-state index is 11.6. The first kappa shape index (κ1) is 23.8. The monoisotopic (exact) mass is 494 g/mol. The molecule has 174 valence electrons. The number of benzene rings is 3. The minimum absolute atomic E-state index is 0.255. The van der Waals surface area contributed by atoms with Crippen molar-refractivity contribution >= 4 is 23.4 Å². The zero-order valence-corrected chi connectivity index (χ0v) is 20.3. The van der Waals surface area contributed by atoms with Crippen LogP contribution in [0.4, 0.5) is 0 Å². The number of thioether (sulfide) groups is 1. The summed E-state index contributed by atoms with van der Waals surface area (Å²) in [5.74, 6) is 1.27. The Balaban J connectivity index is 1.65. The molecule has 0 radical (unpaired) electrons. The predicted octanol–water partition coefficient (Wildman–Crippen LogP) is 6.23. The number of ether oxygens (including phenoxy) is 1. The van der Waals surface area contributed by atoms with E-state index in [2.05, 4.69) is 10.2 Å². The largest absolute Gasteiger partial charge is 0.489 e. The highest BCUT2D eigenvalue weighted by molar-refractivity contribution is 7.99. The van der Waals surface area contributed by atoms with Gasteiger partial charge in [0.05, 0.1) is 0 Å². The molecule has 1 aromatic heterocycles. The van der Waals surface area contributed by atoms with Crippen molar-refractivity contribution in [2.24, 2.45) is 0 Å². The average Bonchev–Trinajstić information content (AvgIpc) is 3.18. The molecule has 0 aliphatic heterocycles. The second-order valence-corrected chi connectivity index (χ2v) is 9.32. The summed E-state index contributed by atoms with van der Waals surface area (Å²) >= 11 is 7.56. The van der Waals surface area contributed by atoms with E-state index in [1.54, 1.807) is 6.07 Å². The van der Waals surface area contributed by atoms with Gasteiger partial charge in [0.15, 0.2) is 5.16 Å². The SMILES string of the molecule is Cc1ccc(-n2c(C)nnc2S[C@H](C[N+](=O)[O-])c2ccccc2OCc2ccccc2Cl)cc1. The van der Waals surface area contributed by atoms with E-state index in [9.17, 15) is 10.1 Å². The number of hydrogen-bond acceptors (Lipinski definition) is 6. The fraction of sp³-hybridized carbons (Fsp3) is 0.200. The molecule has 0 amide bonds. The van der Waals surface area contributed by atoms with Crippen molar-refractivity contribution in [1.29, 1.82) is 0 Å². The molecular weight excluding hydrogens is 472 g/mol. The third-order valence-electron chi connectivity index (χ3n) is 5.26. The highest BCUT2D eigenvalue weighted by atomic mass is 35.5. The van der Waals surface area contributed by atoms with Crippen LogP contribution in [0.25, 0.3) is 5.69 Å². The Kier molecular flexibility index (Phi) is 7.49. The minimum Gasteiger partial charge on any atom is -0.489 e. The summed E-state index contributed by atoms with van der Waals surface area (Å²) in [5.41, 5.74) is 3.60. The zero-order valence-electron chi connectivity index (χ0n) is 18.7. The molecule has 0 bridgehead atoms. The maximum Gasteiger partial charge on any atom is 0.220 e. The van der Waals surface area contributed by atoms with Crippen molar-refractivity contribution in [2.75, 3.05) is 6.54 Å². The van der Waals surface area contributed by atoms with Gasteiger partial charge in [-0.2, -0.15) is 0 Å². The van der Waals surface area contributed by atoms with Crippen LogP contribution in [0.5, 0.6) is 5.75 Å². The van der Waals surface area contributed by atoms with Gasteiger partial charge in [-0.1, -0.05) is 77.5 Å². The topological polar surface area (TPSA) is 83.1 Å². The molecule has 4 aromatic rings. The Morgan fingerprint density at radius 2 is 1.74 bits per heavy atom. The molecule has 0 fully saturated rings. The summed E-state index contributed by atoms with van der Waals surface area (Å²) in [6.07, 6.45) is 0. The van der Waals surface area contributed by atoms with Gasteiger partial charge in [-0.3, -0.25) is 14.7 Å². The molecule has 0 spiro atoms. The lowest BCUT2D eigenvalue weighted by molar-refractivity contribution is -0.479. The van der Waals surface area contributed by atoms with Gasteiger partial charge in [-0.15, -0.1) is 10.2 Å². The molecular formula is C25H23ClN4O3S. The summed E-state index contributed by atoms with van der Waals surface area (Å²) in [7, 11) is 0. The number of para-hydroxylation sites is 1. The van der Waals surface area contributed by atoms with Crippen molar-refractivity contribution in [1.82, 2.24) is 14.8 Å². The van der Waals surface area contributed by atoms with Crippen LogP contribution in [0.15, 0.2) is 78.0 Å². The van der Waals surface area contributed by atoms with Gasteiger partial charge in [0.1, 0.15) is 23.4 Å². The smallest absolute Gasteiger partial charge is 0.220 e. The normalized spacial score (nSPS) is 11.9. The lowest BCUT2D eigenvalue weighted by Crippen LogP contribution is -2.12. The first-order valence-corrected chi connectivity index (χ1v) is 11.9. The van der Waals surface area contributed by atoms with Crippen LogP contribution in [0.3, 0.4) is 0 Å². The van der Waals surface area contributed by atoms with Gasteiger partial charge in [0, 0.05) is 26.8 Å². The van der Waals surface area contributed by atoms with E-state index in [-0.39, 0.29) is 18.1 Å². The molecule has 1 atom stereocenters. The maximum absolute atomic E-state index is 11.6. The highest BCUT2D eigenvalue weighted by Crippen LogP contribution is 2.40. The van der Waals surface area contributed by atoms with Gasteiger partial charge in [-0.25, -0.2) is 0 Å². The number of aryl methyl sites for hydroxylation is 2. The second-order valence-electron chi connectivity index (χ2n) is 7.74. The summed E-state index contributed by atoms with van der Waals surface area (Å²) in [5, 5.41) is 20.8. The van der Waals surface area contributed by atoms with Crippen LogP contribution in [0.2, 0.25) is 5.02 Å². The lowest BCUT2D eigenvalue weighted by atomic mass is 10.1. The van der Waals surface area contributed by atoms with E-state index in [0.29, 0.717) is 27.3 Å². The first-order chi connectivity index (χ1) is 16.4. The van der Waals surface area contributed by atoms with E-state index in [4.69, 9.17) is 16.3 Å². The Morgan fingerprint density at radius 1 is 1.03 bits per heavy atom. The second kappa shape index (κ2) is 10.7. The Hall–Kier alpha value is -3.36. The molecule has 3 aromatic carbocycles. The third-order valence-corrected chi connectivity index (χ3v) is 6.79. The van der Waals surface area contributed by atoms with Crippen molar-refractivity contribution in [2.45, 2.75) is 30.9 Å². The number of aromatic nitrogens is 3. The van der Waals surface area contributed by atoms with Crippen LogP contribution in [0.1, 0.15) is 27.8 Å². The zero-order chi connectivity index (χ0) is 24.1. The predicted molar refractivity (Wildman–Crippen MR) is 134 cm³/mol. The standard InChI is InChI=1S/C25H23ClN4O3S/c1-17-11-13-20(14-12-17)30-18(2)27-28-25(30)34-24(15-29(31)32)21-8-4-6-10-23(21)33-16-19-7-3-5-9-22(19)26/h3-14,24H,15-16H2,1-2H3/t24-/m1/s1. The van der Waals surface area contributed by atoms with Crippen LogP contribution >= 0.6 is 23.4 Å². The van der Waals surface area contributed by atoms with E-state index in [1.807, 2.05) is 85.1 Å². The number of nitro groups is 1. The minimum atomic E-state index is -0.537. The molecule has 0 saturated carbocycles. The van der Waals surface area contributed by atoms with Crippen LogP contribution in [-0.4, -0.2) is 26.2 Å². The number of halogens is 1. The van der Waals surface area contributed by atoms with Crippen molar-refractivity contribution in [3.05, 3.63) is 110 Å². The molecule has 0 N–H and O–H groups in total. The van der Waals surface area contributed by atoms with Gasteiger partial charge in [-0.05, 0) is 38.1 Å². The van der Waals surface area contributed by atoms with Gasteiger partial charge < -0.3 is 4.74 Å². The first-order valence-electron chi connectivity index (χ1n) is 10.6. The number of nitrogens with zero attached hydrogens (tertiary/aromatic N) is 4. The average molecular weight is 495 g/mol. The quantitative estimate of drug-likeness (QED) is 0.156. The van der Waals surface area contributed by atoms with Gasteiger partial charge in [0.2, 0.25) is 6.54 Å². The molecule has 0 aliphatic carbocycles. The molecule has 0 aliphatic rings. The lowest BCUT2D eigenvalue weighted by Gasteiger charge is -2.18. The molecule has 7 nitrogen and oxygen atoms in total. The van der Waals surface area contributed by atoms with Crippen LogP contribution < -0.4 is 4.74 Å². The third kappa shape index (κ3) is 5.58. The molecule has 9 heteroatoms. The van der Waals surface area contributed by atoms with E-state index < -0.39 is 5.25 Å². The summed E-state index contributed by atoms with van der Waals surface area (Å²) in [6.45, 7) is 3.84. The molecule has 0 unspecified atom stereocenters. The Bertz CT molecular complexity index is 1290. The Labute approximate surface area is 206 Å². The summed E-state index contributed by atoms with van der Waals surface area (Å²) < 4.78 is 7.98. The molecule has 4 rings (SSSR count). The number of hydrogen-bond donors (Lipinski definition) is 0.